The highest BCUT2D eigenvalue weighted by atomic mass is 32.1. The van der Waals surface area contributed by atoms with Crippen LogP contribution in [0.3, 0.4) is 0 Å². The lowest BCUT2D eigenvalue weighted by Gasteiger charge is -2.01. The molecule has 0 saturated carbocycles. The van der Waals surface area contributed by atoms with Crippen LogP contribution < -0.4 is 0 Å². The highest BCUT2D eigenvalue weighted by Gasteiger charge is 2.12. The zero-order chi connectivity index (χ0) is 12.4. The van der Waals surface area contributed by atoms with Gasteiger partial charge in [0.05, 0.1) is 0 Å². The minimum Gasteiger partial charge on any atom is -0.207 e. The first-order valence-corrected chi connectivity index (χ1v) is 5.86. The number of hydrogen-bond acceptors (Lipinski definition) is 3. The number of benzene rings is 1. The summed E-state index contributed by atoms with van der Waals surface area (Å²) in [5.41, 5.74) is 0.0858. The molecule has 2 rings (SSSR count). The van der Waals surface area contributed by atoms with Gasteiger partial charge in [-0.2, -0.15) is 0 Å². The molecule has 0 N–H and O–H groups in total. The van der Waals surface area contributed by atoms with E-state index in [1.165, 1.54) is 11.3 Å². The molecule has 2 nitrogen and oxygen atoms in total. The van der Waals surface area contributed by atoms with E-state index in [9.17, 15) is 13.2 Å². The number of nitrogens with zero attached hydrogens (tertiary/aromatic N) is 2. The van der Waals surface area contributed by atoms with Gasteiger partial charge in [-0.05, 0) is 18.1 Å². The van der Waals surface area contributed by atoms with Gasteiger partial charge in [-0.3, -0.25) is 0 Å². The van der Waals surface area contributed by atoms with E-state index in [0.717, 1.165) is 17.5 Å². The molecule has 1 aromatic carbocycles. The minimum atomic E-state index is -1.18. The molecule has 0 bridgehead atoms. The summed E-state index contributed by atoms with van der Waals surface area (Å²) >= 11 is 1.34. The van der Waals surface area contributed by atoms with Gasteiger partial charge in [0.25, 0.3) is 0 Å². The Hall–Kier alpha value is -1.43. The number of aryl methyl sites for hydroxylation is 1. The van der Waals surface area contributed by atoms with Crippen LogP contribution in [-0.2, 0) is 12.8 Å². The van der Waals surface area contributed by atoms with Crippen LogP contribution in [0.2, 0.25) is 0 Å². The third-order valence-electron chi connectivity index (χ3n) is 2.24. The normalized spacial score (nSPS) is 10.8. The van der Waals surface area contributed by atoms with Gasteiger partial charge in [0, 0.05) is 12.5 Å². The zero-order valence-corrected chi connectivity index (χ0v) is 9.82. The average Bonchev–Trinajstić information content (AvgIpc) is 2.73. The van der Waals surface area contributed by atoms with E-state index in [1.807, 2.05) is 6.92 Å². The average molecular weight is 258 g/mol. The van der Waals surface area contributed by atoms with E-state index < -0.39 is 17.5 Å². The van der Waals surface area contributed by atoms with Crippen LogP contribution in [0.15, 0.2) is 12.1 Å². The number of halogens is 3. The molecule has 17 heavy (non-hydrogen) atoms. The van der Waals surface area contributed by atoms with Crippen LogP contribution in [0.25, 0.3) is 0 Å². The van der Waals surface area contributed by atoms with E-state index in [-0.39, 0.29) is 12.0 Å². The Labute approximate surface area is 100 Å². The minimum absolute atomic E-state index is 0.0858. The second kappa shape index (κ2) is 4.83. The van der Waals surface area contributed by atoms with Gasteiger partial charge in [-0.1, -0.05) is 6.92 Å². The molecule has 0 fully saturated rings. The lowest BCUT2D eigenvalue weighted by molar-refractivity contribution is 0.491. The van der Waals surface area contributed by atoms with Crippen molar-refractivity contribution in [2.75, 3.05) is 0 Å². The molecule has 0 spiro atoms. The molecule has 0 aliphatic heterocycles. The summed E-state index contributed by atoms with van der Waals surface area (Å²) in [4.78, 5) is 0. The molecule has 0 aliphatic rings. The van der Waals surface area contributed by atoms with Crippen LogP contribution in [0.5, 0.6) is 0 Å². The number of hydrogen-bond donors (Lipinski definition) is 0. The van der Waals surface area contributed by atoms with Crippen molar-refractivity contribution in [3.63, 3.8) is 0 Å². The van der Waals surface area contributed by atoms with Crippen molar-refractivity contribution in [2.24, 2.45) is 0 Å². The van der Waals surface area contributed by atoms with Crippen LogP contribution in [0, 0.1) is 17.5 Å². The second-order valence-electron chi connectivity index (χ2n) is 3.48. The maximum Gasteiger partial charge on any atom is 0.161 e. The van der Waals surface area contributed by atoms with Gasteiger partial charge in [-0.25, -0.2) is 13.2 Å². The summed E-state index contributed by atoms with van der Waals surface area (Å²) in [6, 6.07) is 1.41. The molecular weight excluding hydrogens is 249 g/mol. The van der Waals surface area contributed by atoms with Crippen LogP contribution in [-0.4, -0.2) is 10.2 Å². The Morgan fingerprint density at radius 3 is 2.29 bits per heavy atom. The highest BCUT2D eigenvalue weighted by molar-refractivity contribution is 7.11. The van der Waals surface area contributed by atoms with E-state index in [4.69, 9.17) is 0 Å². The smallest absolute Gasteiger partial charge is 0.161 e. The van der Waals surface area contributed by atoms with E-state index in [1.54, 1.807) is 0 Å². The predicted octanol–water partition coefficient (Wildman–Crippen LogP) is 3.11. The Balaban J connectivity index is 2.26. The largest absolute Gasteiger partial charge is 0.207 e. The predicted molar refractivity (Wildman–Crippen MR) is 58.4 cm³/mol. The van der Waals surface area contributed by atoms with Crippen LogP contribution in [0.1, 0.15) is 22.5 Å². The lowest BCUT2D eigenvalue weighted by atomic mass is 10.1. The van der Waals surface area contributed by atoms with Crippen molar-refractivity contribution < 1.29 is 13.2 Å². The molecular formula is C11H9F3N2S. The summed E-state index contributed by atoms with van der Waals surface area (Å²) in [6.45, 7) is 1.93. The lowest BCUT2D eigenvalue weighted by Crippen LogP contribution is -1.96. The fraction of sp³-hybridized carbons (Fsp3) is 0.273. The molecule has 0 radical (unpaired) electrons. The standard InChI is InChI=1S/C11H9F3N2S/c1-2-10-15-16-11(17-10)4-6-3-8(13)9(14)5-7(6)12/h3,5H,2,4H2,1H3. The fourth-order valence-corrected chi connectivity index (χ4v) is 2.17. The zero-order valence-electron chi connectivity index (χ0n) is 9.01. The Bertz CT molecular complexity index is 540. The monoisotopic (exact) mass is 258 g/mol. The van der Waals surface area contributed by atoms with Gasteiger partial charge < -0.3 is 0 Å². The summed E-state index contributed by atoms with van der Waals surface area (Å²) < 4.78 is 39.0. The molecule has 1 aromatic heterocycles. The van der Waals surface area contributed by atoms with E-state index >= 15 is 0 Å². The molecule has 0 amide bonds. The third-order valence-corrected chi connectivity index (χ3v) is 3.31. The molecule has 0 unspecified atom stereocenters. The number of aromatic nitrogens is 2. The van der Waals surface area contributed by atoms with Gasteiger partial charge in [0.2, 0.25) is 0 Å². The Morgan fingerprint density at radius 1 is 1.00 bits per heavy atom. The van der Waals surface area contributed by atoms with Crippen molar-refractivity contribution in [2.45, 2.75) is 19.8 Å². The first kappa shape index (κ1) is 12.0. The molecule has 0 aliphatic carbocycles. The molecule has 0 saturated heterocycles. The van der Waals surface area contributed by atoms with Crippen molar-refractivity contribution in [1.82, 2.24) is 10.2 Å². The van der Waals surface area contributed by atoms with Gasteiger partial charge in [0.15, 0.2) is 11.6 Å². The van der Waals surface area contributed by atoms with Gasteiger partial charge in [0.1, 0.15) is 15.8 Å². The first-order chi connectivity index (χ1) is 8.10. The van der Waals surface area contributed by atoms with E-state index in [0.29, 0.717) is 11.1 Å². The molecule has 0 atom stereocenters. The topological polar surface area (TPSA) is 25.8 Å². The van der Waals surface area contributed by atoms with Gasteiger partial charge in [-0.15, -0.1) is 21.5 Å². The SMILES string of the molecule is CCc1nnc(Cc2cc(F)c(F)cc2F)s1. The van der Waals surface area contributed by atoms with Gasteiger partial charge >= 0.3 is 0 Å². The maximum atomic E-state index is 13.4. The van der Waals surface area contributed by atoms with Crippen molar-refractivity contribution in [3.8, 4) is 0 Å². The summed E-state index contributed by atoms with van der Waals surface area (Å²) in [5, 5.41) is 9.17. The summed E-state index contributed by atoms with van der Waals surface area (Å²) in [6.07, 6.45) is 0.874. The third kappa shape index (κ3) is 2.63. The van der Waals surface area contributed by atoms with E-state index in [2.05, 4.69) is 10.2 Å². The van der Waals surface area contributed by atoms with Crippen molar-refractivity contribution in [3.05, 3.63) is 45.2 Å². The highest BCUT2D eigenvalue weighted by Crippen LogP contribution is 2.19. The first-order valence-electron chi connectivity index (χ1n) is 5.04. The summed E-state index contributed by atoms with van der Waals surface area (Å²) in [7, 11) is 0. The fourth-order valence-electron chi connectivity index (χ4n) is 1.36. The summed E-state index contributed by atoms with van der Waals surface area (Å²) in [5.74, 6) is -3.00. The Kier molecular flexibility index (Phi) is 3.42. The number of rotatable bonds is 3. The molecule has 6 heteroatoms. The Morgan fingerprint density at radius 2 is 1.65 bits per heavy atom. The molecule has 1 heterocycles. The van der Waals surface area contributed by atoms with Crippen molar-refractivity contribution in [1.29, 1.82) is 0 Å². The molecule has 90 valence electrons. The van der Waals surface area contributed by atoms with Crippen LogP contribution >= 0.6 is 11.3 Å². The quantitative estimate of drug-likeness (QED) is 0.790. The maximum absolute atomic E-state index is 13.4. The second-order valence-corrected chi connectivity index (χ2v) is 4.62. The van der Waals surface area contributed by atoms with Crippen LogP contribution in [0.4, 0.5) is 13.2 Å². The molecule has 2 aromatic rings. The van der Waals surface area contributed by atoms with Crippen molar-refractivity contribution >= 4 is 11.3 Å².